The maximum atomic E-state index is 14.4. The first kappa shape index (κ1) is 28.3. The number of carbonyl (C=O) groups excluding carboxylic acids is 1. The lowest BCUT2D eigenvalue weighted by atomic mass is 10.00. The fourth-order valence-electron chi connectivity index (χ4n) is 5.71. The number of aromatic amines is 1. The molecule has 1 amide bonds. The summed E-state index contributed by atoms with van der Waals surface area (Å²) in [5.74, 6) is -0.267. The summed E-state index contributed by atoms with van der Waals surface area (Å²) in [7, 11) is 1.83. The third-order valence-corrected chi connectivity index (χ3v) is 8.42. The van der Waals surface area contributed by atoms with Gasteiger partial charge in [0.2, 0.25) is 0 Å². The molecule has 5 aromatic rings. The number of benzene rings is 2. The summed E-state index contributed by atoms with van der Waals surface area (Å²) in [6.07, 6.45) is 1.63. The zero-order valence-electron chi connectivity index (χ0n) is 24.9. The number of hydrogen-bond acceptors (Lipinski definition) is 5. The minimum absolute atomic E-state index is 0.0436. The Morgan fingerprint density at radius 2 is 1.81 bits per heavy atom. The van der Waals surface area contributed by atoms with E-state index in [4.69, 9.17) is 4.98 Å². The number of carbonyl (C=O) groups is 1. The molecule has 1 atom stereocenters. The second-order valence-corrected chi connectivity index (χ2v) is 11.2. The zero-order chi connectivity index (χ0) is 30.6. The minimum atomic E-state index is -0.528. The minimum Gasteiger partial charge on any atom is -0.336 e. The van der Waals surface area contributed by atoms with Gasteiger partial charge in [0.05, 0.1) is 17.8 Å². The van der Waals surface area contributed by atoms with E-state index in [0.717, 1.165) is 34.4 Å². The number of halogens is 1. The van der Waals surface area contributed by atoms with Crippen molar-refractivity contribution in [2.24, 2.45) is 7.05 Å². The van der Waals surface area contributed by atoms with E-state index in [9.17, 15) is 18.8 Å². The molecule has 0 bridgehead atoms. The lowest BCUT2D eigenvalue weighted by Crippen LogP contribution is -2.40. The molecule has 0 saturated heterocycles. The third-order valence-electron chi connectivity index (χ3n) is 8.42. The number of aromatic nitrogens is 6. The Balaban J connectivity index is 1.34. The average Bonchev–Trinajstić information content (AvgIpc) is 3.67. The van der Waals surface area contributed by atoms with Gasteiger partial charge in [0.15, 0.2) is 5.65 Å². The lowest BCUT2D eigenvalue weighted by molar-refractivity contribution is 0.0987. The molecule has 1 aliphatic rings. The van der Waals surface area contributed by atoms with Crippen LogP contribution in [0.4, 0.5) is 10.1 Å². The fraction of sp³-hybridized carbons (Fsp3) is 0.344. The molecule has 1 unspecified atom stereocenters. The van der Waals surface area contributed by atoms with Gasteiger partial charge in [0, 0.05) is 42.5 Å². The summed E-state index contributed by atoms with van der Waals surface area (Å²) in [5.41, 5.74) is 3.60. The van der Waals surface area contributed by atoms with Gasteiger partial charge in [0.25, 0.3) is 11.5 Å². The van der Waals surface area contributed by atoms with E-state index in [-0.39, 0.29) is 35.5 Å². The van der Waals surface area contributed by atoms with Gasteiger partial charge < -0.3 is 9.88 Å². The zero-order valence-corrected chi connectivity index (χ0v) is 24.9. The van der Waals surface area contributed by atoms with Crippen LogP contribution >= 0.6 is 0 Å². The SMILES string of the molecule is CCN(C(=O)c1c(C)nn(C)c1C)c1ccc(C(C)c2nc3c([nH]2)c(=O)n(Cc2ccccc2F)c(=O)n3C2CC2)cc1. The number of amides is 1. The van der Waals surface area contributed by atoms with Crippen molar-refractivity contribution in [2.45, 2.75) is 59.0 Å². The number of fused-ring (bicyclic) bond motifs is 1. The average molecular weight is 584 g/mol. The first-order valence-corrected chi connectivity index (χ1v) is 14.5. The highest BCUT2D eigenvalue weighted by atomic mass is 19.1. The Hall–Kier alpha value is -4.80. The van der Waals surface area contributed by atoms with E-state index in [1.54, 1.807) is 32.3 Å². The van der Waals surface area contributed by atoms with Crippen LogP contribution in [0.2, 0.25) is 0 Å². The highest BCUT2D eigenvalue weighted by molar-refractivity contribution is 6.07. The summed E-state index contributed by atoms with van der Waals surface area (Å²) in [6.45, 7) is 7.95. The van der Waals surface area contributed by atoms with Gasteiger partial charge in [-0.15, -0.1) is 0 Å². The molecule has 0 aliphatic heterocycles. The summed E-state index contributed by atoms with van der Waals surface area (Å²) in [6, 6.07) is 13.8. The number of imidazole rings is 1. The molecule has 0 spiro atoms. The Kier molecular flexibility index (Phi) is 7.11. The molecule has 43 heavy (non-hydrogen) atoms. The maximum absolute atomic E-state index is 14.4. The number of nitrogens with zero attached hydrogens (tertiary/aromatic N) is 6. The second kappa shape index (κ2) is 10.8. The monoisotopic (exact) mass is 583 g/mol. The van der Waals surface area contributed by atoms with Gasteiger partial charge >= 0.3 is 5.69 Å². The van der Waals surface area contributed by atoms with E-state index < -0.39 is 17.1 Å². The van der Waals surface area contributed by atoms with Crippen molar-refractivity contribution in [3.63, 3.8) is 0 Å². The van der Waals surface area contributed by atoms with Crippen LogP contribution < -0.4 is 16.1 Å². The van der Waals surface area contributed by atoms with E-state index >= 15 is 0 Å². The molecule has 222 valence electrons. The maximum Gasteiger partial charge on any atom is 0.333 e. The van der Waals surface area contributed by atoms with Crippen molar-refractivity contribution in [1.82, 2.24) is 28.9 Å². The van der Waals surface area contributed by atoms with Crippen LogP contribution in [0.15, 0.2) is 58.1 Å². The first-order chi connectivity index (χ1) is 20.6. The molecule has 1 aliphatic carbocycles. The van der Waals surface area contributed by atoms with E-state index in [1.165, 1.54) is 6.07 Å². The highest BCUT2D eigenvalue weighted by Crippen LogP contribution is 2.35. The third kappa shape index (κ3) is 4.88. The van der Waals surface area contributed by atoms with Crippen LogP contribution in [0.25, 0.3) is 11.2 Å². The topological polar surface area (TPSA) is 111 Å². The van der Waals surface area contributed by atoms with Gasteiger partial charge in [-0.25, -0.2) is 14.2 Å². The molecule has 10 nitrogen and oxygen atoms in total. The molecular weight excluding hydrogens is 549 g/mol. The van der Waals surface area contributed by atoms with Gasteiger partial charge in [0.1, 0.15) is 17.2 Å². The van der Waals surface area contributed by atoms with Crippen LogP contribution in [0.3, 0.4) is 0 Å². The summed E-state index contributed by atoms with van der Waals surface area (Å²) in [5, 5.41) is 4.39. The van der Waals surface area contributed by atoms with Crippen LogP contribution in [0.5, 0.6) is 0 Å². The van der Waals surface area contributed by atoms with Crippen molar-refractivity contribution in [1.29, 1.82) is 0 Å². The smallest absolute Gasteiger partial charge is 0.333 e. The quantitative estimate of drug-likeness (QED) is 0.288. The van der Waals surface area contributed by atoms with Crippen molar-refractivity contribution in [3.05, 3.63) is 109 Å². The molecular formula is C32H34FN7O3. The predicted octanol–water partition coefficient (Wildman–Crippen LogP) is 4.58. The normalized spacial score (nSPS) is 13.9. The number of aryl methyl sites for hydroxylation is 2. The second-order valence-electron chi connectivity index (χ2n) is 11.2. The van der Waals surface area contributed by atoms with E-state index in [1.807, 2.05) is 59.0 Å². The van der Waals surface area contributed by atoms with Gasteiger partial charge in [-0.05, 0) is 57.4 Å². The van der Waals surface area contributed by atoms with Crippen molar-refractivity contribution in [2.75, 3.05) is 11.4 Å². The van der Waals surface area contributed by atoms with Crippen LogP contribution in [0, 0.1) is 19.7 Å². The molecule has 1 N–H and O–H groups in total. The first-order valence-electron chi connectivity index (χ1n) is 14.5. The van der Waals surface area contributed by atoms with Crippen LogP contribution in [-0.4, -0.2) is 41.3 Å². The largest absolute Gasteiger partial charge is 0.336 e. The number of H-pyrrole nitrogens is 1. The standard InChI is InChI=1S/C32H34FN7O3/c1-6-38(30(41)26-19(3)36-37(5)20(26)4)23-13-11-21(12-14-23)18(2)28-34-27-29(35-28)40(24-15-16-24)32(43)39(31(27)42)17-22-9-7-8-10-25(22)33/h7-14,18,24H,6,15-17H2,1-5H3,(H,34,35). The van der Waals surface area contributed by atoms with E-state index in [0.29, 0.717) is 29.3 Å². The molecule has 3 aromatic heterocycles. The summed E-state index contributed by atoms with van der Waals surface area (Å²) >= 11 is 0. The molecule has 1 saturated carbocycles. The predicted molar refractivity (Wildman–Crippen MR) is 162 cm³/mol. The highest BCUT2D eigenvalue weighted by Gasteiger charge is 2.31. The van der Waals surface area contributed by atoms with Crippen LogP contribution in [0.1, 0.15) is 77.3 Å². The van der Waals surface area contributed by atoms with Gasteiger partial charge in [-0.2, -0.15) is 5.10 Å². The van der Waals surface area contributed by atoms with E-state index in [2.05, 4.69) is 10.1 Å². The number of nitrogens with one attached hydrogen (secondary N) is 1. The molecule has 3 heterocycles. The Morgan fingerprint density at radius 3 is 2.42 bits per heavy atom. The fourth-order valence-corrected chi connectivity index (χ4v) is 5.71. The molecule has 1 fully saturated rings. The van der Waals surface area contributed by atoms with Crippen molar-refractivity contribution in [3.8, 4) is 0 Å². The lowest BCUT2D eigenvalue weighted by Gasteiger charge is -2.22. The number of hydrogen-bond donors (Lipinski definition) is 1. The number of anilines is 1. The van der Waals surface area contributed by atoms with Crippen molar-refractivity contribution >= 4 is 22.8 Å². The molecule has 6 rings (SSSR count). The number of rotatable bonds is 8. The van der Waals surface area contributed by atoms with Crippen LogP contribution in [-0.2, 0) is 13.6 Å². The van der Waals surface area contributed by atoms with Crippen molar-refractivity contribution < 1.29 is 9.18 Å². The summed E-state index contributed by atoms with van der Waals surface area (Å²) in [4.78, 5) is 50.1. The Bertz CT molecular complexity index is 1980. The Morgan fingerprint density at radius 1 is 1.12 bits per heavy atom. The molecule has 2 aromatic carbocycles. The van der Waals surface area contributed by atoms with Gasteiger partial charge in [-0.3, -0.25) is 23.4 Å². The molecule has 0 radical (unpaired) electrons. The van der Waals surface area contributed by atoms with Gasteiger partial charge in [-0.1, -0.05) is 37.3 Å². The molecule has 11 heteroatoms. The summed E-state index contributed by atoms with van der Waals surface area (Å²) < 4.78 is 18.8. The Labute approximate surface area is 247 Å².